The third kappa shape index (κ3) is 2.13. The van der Waals surface area contributed by atoms with Crippen molar-refractivity contribution in [2.24, 2.45) is 0 Å². The number of aromatic nitrogens is 1. The molecule has 1 aromatic carbocycles. The summed E-state index contributed by atoms with van der Waals surface area (Å²) >= 11 is 1.69. The zero-order valence-electron chi connectivity index (χ0n) is 9.64. The molecule has 0 saturated carbocycles. The number of rotatable bonds is 3. The molecule has 1 unspecified atom stereocenters. The Bertz CT molecular complexity index is 480. The number of methoxy groups -OCH3 is 1. The smallest absolute Gasteiger partial charge is 0.184 e. The number of thiazole rings is 1. The van der Waals surface area contributed by atoms with Gasteiger partial charge in [0.05, 0.1) is 22.4 Å². The highest BCUT2D eigenvalue weighted by Gasteiger charge is 2.27. The van der Waals surface area contributed by atoms with Gasteiger partial charge in [0.25, 0.3) is 0 Å². The number of para-hydroxylation sites is 1. The van der Waals surface area contributed by atoms with Crippen LogP contribution in [0.15, 0.2) is 24.3 Å². The van der Waals surface area contributed by atoms with Crippen LogP contribution < -0.4 is 10.6 Å². The Morgan fingerprint density at radius 3 is 3.12 bits per heavy atom. The van der Waals surface area contributed by atoms with Gasteiger partial charge in [0.15, 0.2) is 5.13 Å². The van der Waals surface area contributed by atoms with Crippen molar-refractivity contribution in [1.29, 1.82) is 0 Å². The van der Waals surface area contributed by atoms with Crippen LogP contribution in [0.1, 0.15) is 0 Å². The second-order valence-corrected chi connectivity index (χ2v) is 5.20. The van der Waals surface area contributed by atoms with Crippen LogP contribution in [0.25, 0.3) is 10.2 Å². The average Bonchev–Trinajstić information content (AvgIpc) is 2.94. The van der Waals surface area contributed by atoms with E-state index in [1.807, 2.05) is 18.2 Å². The molecule has 0 aliphatic carbocycles. The van der Waals surface area contributed by atoms with Crippen LogP contribution >= 0.6 is 11.3 Å². The van der Waals surface area contributed by atoms with Gasteiger partial charge in [-0.2, -0.15) is 0 Å². The fourth-order valence-electron chi connectivity index (χ4n) is 2.14. The van der Waals surface area contributed by atoms with E-state index in [9.17, 15) is 0 Å². The third-order valence-electron chi connectivity index (χ3n) is 3.06. The Morgan fingerprint density at radius 1 is 1.41 bits per heavy atom. The molecule has 0 bridgehead atoms. The molecule has 90 valence electrons. The maximum absolute atomic E-state index is 5.42. The number of anilines is 1. The van der Waals surface area contributed by atoms with Crippen molar-refractivity contribution >= 4 is 26.7 Å². The van der Waals surface area contributed by atoms with Gasteiger partial charge >= 0.3 is 0 Å². The van der Waals surface area contributed by atoms with E-state index in [1.54, 1.807) is 18.4 Å². The van der Waals surface area contributed by atoms with Crippen LogP contribution in [0.5, 0.6) is 0 Å². The van der Waals surface area contributed by atoms with Crippen LogP contribution in [-0.2, 0) is 4.74 Å². The minimum atomic E-state index is 0.224. The van der Waals surface area contributed by atoms with Crippen molar-refractivity contribution in [2.45, 2.75) is 12.1 Å². The summed E-state index contributed by atoms with van der Waals surface area (Å²) in [5.74, 6) is 0. The number of hydrogen-bond acceptors (Lipinski definition) is 5. The quantitative estimate of drug-likeness (QED) is 0.869. The van der Waals surface area contributed by atoms with Crippen molar-refractivity contribution < 1.29 is 4.74 Å². The number of hydrogen-bond donors (Lipinski definition) is 2. The van der Waals surface area contributed by atoms with E-state index in [2.05, 4.69) is 21.7 Å². The molecule has 1 saturated heterocycles. The zero-order chi connectivity index (χ0) is 11.7. The summed E-state index contributed by atoms with van der Waals surface area (Å²) in [6, 6.07) is 8.50. The summed E-state index contributed by atoms with van der Waals surface area (Å²) in [6.45, 7) is 1.83. The van der Waals surface area contributed by atoms with E-state index in [1.165, 1.54) is 4.70 Å². The average molecular weight is 249 g/mol. The molecule has 1 aliphatic heterocycles. The third-order valence-corrected chi connectivity index (χ3v) is 4.03. The minimum absolute atomic E-state index is 0.224. The van der Waals surface area contributed by atoms with Crippen LogP contribution in [-0.4, -0.2) is 37.3 Å². The van der Waals surface area contributed by atoms with Gasteiger partial charge < -0.3 is 15.4 Å². The topological polar surface area (TPSA) is 46.2 Å². The summed E-state index contributed by atoms with van der Waals surface area (Å²) in [7, 11) is 1.75. The first-order valence-corrected chi connectivity index (χ1v) is 6.54. The van der Waals surface area contributed by atoms with Crippen molar-refractivity contribution in [3.63, 3.8) is 0 Å². The molecule has 1 fully saturated rings. The van der Waals surface area contributed by atoms with Gasteiger partial charge in [0.1, 0.15) is 0 Å². The van der Waals surface area contributed by atoms with Gasteiger partial charge in [-0.25, -0.2) is 4.98 Å². The number of nitrogens with one attached hydrogen (secondary N) is 2. The molecule has 0 amide bonds. The lowest BCUT2D eigenvalue weighted by Crippen LogP contribution is -2.33. The van der Waals surface area contributed by atoms with Crippen molar-refractivity contribution in [2.75, 3.05) is 25.5 Å². The predicted molar refractivity (Wildman–Crippen MR) is 70.7 cm³/mol. The number of fused-ring (bicyclic) bond motifs is 1. The number of benzene rings is 1. The molecule has 4 nitrogen and oxygen atoms in total. The second-order valence-electron chi connectivity index (χ2n) is 4.17. The van der Waals surface area contributed by atoms with Gasteiger partial charge in [0.2, 0.25) is 0 Å². The van der Waals surface area contributed by atoms with E-state index in [-0.39, 0.29) is 6.10 Å². The summed E-state index contributed by atoms with van der Waals surface area (Å²) in [5.41, 5.74) is 1.06. The van der Waals surface area contributed by atoms with E-state index in [4.69, 9.17) is 4.74 Å². The maximum Gasteiger partial charge on any atom is 0.184 e. The first-order chi connectivity index (χ1) is 8.36. The fourth-order valence-corrected chi connectivity index (χ4v) is 3.07. The van der Waals surface area contributed by atoms with E-state index >= 15 is 0 Å². The van der Waals surface area contributed by atoms with Gasteiger partial charge in [0, 0.05) is 20.2 Å². The Balaban J connectivity index is 1.80. The summed E-state index contributed by atoms with van der Waals surface area (Å²) in [6.07, 6.45) is 0.224. The van der Waals surface area contributed by atoms with Crippen LogP contribution in [0.4, 0.5) is 5.13 Å². The summed E-state index contributed by atoms with van der Waals surface area (Å²) < 4.78 is 6.64. The standard InChI is InChI=1S/C12H15N3OS/c1-16-10-7-13-6-9(10)15-12-14-8-4-2-3-5-11(8)17-12/h2-5,9-10,13H,6-7H2,1H3,(H,14,15)/t9?,10-/m1/s1. The number of nitrogens with zero attached hydrogens (tertiary/aromatic N) is 1. The normalized spacial score (nSPS) is 24.3. The second kappa shape index (κ2) is 4.60. The van der Waals surface area contributed by atoms with Crippen molar-refractivity contribution in [3.8, 4) is 0 Å². The number of ether oxygens (including phenoxy) is 1. The lowest BCUT2D eigenvalue weighted by atomic mass is 10.2. The molecule has 2 aromatic rings. The molecular formula is C12H15N3OS. The summed E-state index contributed by atoms with van der Waals surface area (Å²) in [5, 5.41) is 7.74. The molecular weight excluding hydrogens is 234 g/mol. The highest BCUT2D eigenvalue weighted by Crippen LogP contribution is 2.26. The van der Waals surface area contributed by atoms with Crippen LogP contribution in [0.3, 0.4) is 0 Å². The predicted octanol–water partition coefficient (Wildman–Crippen LogP) is 1.69. The van der Waals surface area contributed by atoms with Gasteiger partial charge in [-0.05, 0) is 12.1 Å². The lowest BCUT2D eigenvalue weighted by molar-refractivity contribution is 0.111. The largest absolute Gasteiger partial charge is 0.378 e. The molecule has 0 radical (unpaired) electrons. The molecule has 1 aromatic heterocycles. The fraction of sp³-hybridized carbons (Fsp3) is 0.417. The molecule has 1 aliphatic rings. The van der Waals surface area contributed by atoms with Crippen molar-refractivity contribution in [1.82, 2.24) is 10.3 Å². The Labute approximate surface area is 104 Å². The molecule has 17 heavy (non-hydrogen) atoms. The Hall–Kier alpha value is -1.17. The summed E-state index contributed by atoms with van der Waals surface area (Å²) in [4.78, 5) is 4.57. The van der Waals surface area contributed by atoms with Gasteiger partial charge in [-0.3, -0.25) is 0 Å². The SMILES string of the molecule is CO[C@@H]1CNCC1Nc1nc2ccccc2s1. The highest BCUT2D eigenvalue weighted by atomic mass is 32.1. The molecule has 5 heteroatoms. The van der Waals surface area contributed by atoms with Crippen LogP contribution in [0, 0.1) is 0 Å². The first kappa shape index (κ1) is 11.0. The highest BCUT2D eigenvalue weighted by molar-refractivity contribution is 7.22. The first-order valence-electron chi connectivity index (χ1n) is 5.72. The Morgan fingerprint density at radius 2 is 2.29 bits per heavy atom. The van der Waals surface area contributed by atoms with E-state index in [0.29, 0.717) is 6.04 Å². The lowest BCUT2D eigenvalue weighted by Gasteiger charge is -2.17. The minimum Gasteiger partial charge on any atom is -0.378 e. The van der Waals surface area contributed by atoms with Gasteiger partial charge in [-0.15, -0.1) is 0 Å². The van der Waals surface area contributed by atoms with Crippen molar-refractivity contribution in [3.05, 3.63) is 24.3 Å². The molecule has 2 heterocycles. The Kier molecular flexibility index (Phi) is 2.96. The molecule has 2 atom stereocenters. The molecule has 0 spiro atoms. The molecule has 2 N–H and O–H groups in total. The monoisotopic (exact) mass is 249 g/mol. The maximum atomic E-state index is 5.42. The molecule has 3 rings (SSSR count). The zero-order valence-corrected chi connectivity index (χ0v) is 10.5. The van der Waals surface area contributed by atoms with Gasteiger partial charge in [-0.1, -0.05) is 23.5 Å². The van der Waals surface area contributed by atoms with E-state index < -0.39 is 0 Å². The van der Waals surface area contributed by atoms with Crippen LogP contribution in [0.2, 0.25) is 0 Å². The van der Waals surface area contributed by atoms with E-state index in [0.717, 1.165) is 23.7 Å².